The third-order valence-electron chi connectivity index (χ3n) is 2.77. The van der Waals surface area contributed by atoms with E-state index in [1.807, 2.05) is 0 Å². The summed E-state index contributed by atoms with van der Waals surface area (Å²) in [5, 5.41) is 15.1. The molecule has 0 saturated carbocycles. The topological polar surface area (TPSA) is 66.5 Å². The van der Waals surface area contributed by atoms with Gasteiger partial charge in [0.2, 0.25) is 0 Å². The molecular weight excluding hydrogens is 211 g/mol. The van der Waals surface area contributed by atoms with Gasteiger partial charge in [0, 0.05) is 0 Å². The van der Waals surface area contributed by atoms with Crippen molar-refractivity contribution < 1.29 is 13.2 Å². The molecule has 8 heteroatoms. The van der Waals surface area contributed by atoms with Crippen molar-refractivity contribution in [1.29, 1.82) is 0 Å². The molecule has 2 heterocycles. The van der Waals surface area contributed by atoms with Gasteiger partial charge in [-0.2, -0.15) is 18.4 Å². The number of halogens is 3. The molecule has 1 aliphatic rings. The molecule has 2 rings (SSSR count). The number of nitrogens with one attached hydrogen (secondary N) is 2. The van der Waals surface area contributed by atoms with Crippen LogP contribution in [-0.4, -0.2) is 39.9 Å². The van der Waals surface area contributed by atoms with E-state index in [1.165, 1.54) is 0 Å². The number of piperidine rings is 1. The fourth-order valence-electron chi connectivity index (χ4n) is 1.85. The number of alkyl halides is 3. The van der Waals surface area contributed by atoms with Crippen molar-refractivity contribution in [2.45, 2.75) is 24.4 Å². The van der Waals surface area contributed by atoms with E-state index in [-0.39, 0.29) is 18.7 Å². The van der Waals surface area contributed by atoms with Crippen molar-refractivity contribution in [1.82, 2.24) is 25.9 Å². The average molecular weight is 221 g/mol. The fourth-order valence-corrected chi connectivity index (χ4v) is 1.85. The molecule has 84 valence electrons. The van der Waals surface area contributed by atoms with Gasteiger partial charge >= 0.3 is 6.18 Å². The van der Waals surface area contributed by atoms with Crippen molar-refractivity contribution >= 4 is 0 Å². The molecule has 0 atom stereocenters. The number of nitrogens with zero attached hydrogens (tertiary/aromatic N) is 3. The largest absolute Gasteiger partial charge is 0.401 e. The lowest BCUT2D eigenvalue weighted by molar-refractivity contribution is -0.200. The second-order valence-corrected chi connectivity index (χ2v) is 3.57. The highest BCUT2D eigenvalue weighted by atomic mass is 19.4. The number of tetrazole rings is 1. The van der Waals surface area contributed by atoms with Gasteiger partial charge in [0.15, 0.2) is 5.82 Å². The van der Waals surface area contributed by atoms with Crippen LogP contribution in [0.5, 0.6) is 0 Å². The summed E-state index contributed by atoms with van der Waals surface area (Å²) in [6.45, 7) is 0.627. The molecule has 1 saturated heterocycles. The number of hydrogen-bond acceptors (Lipinski definition) is 4. The molecule has 0 amide bonds. The molecule has 1 fully saturated rings. The highest BCUT2D eigenvalue weighted by Gasteiger charge is 2.58. The lowest BCUT2D eigenvalue weighted by Crippen LogP contribution is -2.50. The van der Waals surface area contributed by atoms with Crippen LogP contribution in [0.15, 0.2) is 0 Å². The zero-order valence-electron chi connectivity index (χ0n) is 7.80. The maximum Gasteiger partial charge on any atom is 0.401 e. The van der Waals surface area contributed by atoms with Crippen LogP contribution in [-0.2, 0) is 5.41 Å². The molecule has 2 N–H and O–H groups in total. The molecule has 1 aromatic rings. The Hall–Kier alpha value is -1.18. The maximum absolute atomic E-state index is 13.0. The fraction of sp³-hybridized carbons (Fsp3) is 0.857. The summed E-state index contributed by atoms with van der Waals surface area (Å²) in [5.41, 5.74) is -1.94. The van der Waals surface area contributed by atoms with E-state index >= 15 is 0 Å². The minimum absolute atomic E-state index is 0.0456. The molecule has 0 unspecified atom stereocenters. The van der Waals surface area contributed by atoms with Gasteiger partial charge in [-0.1, -0.05) is 5.21 Å². The Morgan fingerprint density at radius 1 is 1.20 bits per heavy atom. The Morgan fingerprint density at radius 3 is 2.33 bits per heavy atom. The molecule has 0 radical (unpaired) electrons. The Bertz CT molecular complexity index is 314. The minimum atomic E-state index is -4.33. The molecule has 1 aromatic heterocycles. The summed E-state index contributed by atoms with van der Waals surface area (Å²) in [6, 6.07) is 0. The number of H-pyrrole nitrogens is 1. The summed E-state index contributed by atoms with van der Waals surface area (Å²) in [4.78, 5) is 0. The van der Waals surface area contributed by atoms with Gasteiger partial charge in [-0.15, -0.1) is 10.2 Å². The van der Waals surface area contributed by atoms with Crippen LogP contribution in [0.1, 0.15) is 18.7 Å². The normalized spacial score (nSPS) is 21.5. The van der Waals surface area contributed by atoms with Crippen molar-refractivity contribution in [3.05, 3.63) is 5.82 Å². The van der Waals surface area contributed by atoms with E-state index in [4.69, 9.17) is 0 Å². The van der Waals surface area contributed by atoms with Gasteiger partial charge in [0.05, 0.1) is 0 Å². The third kappa shape index (κ3) is 1.58. The maximum atomic E-state index is 13.0. The van der Waals surface area contributed by atoms with Crippen LogP contribution in [0.3, 0.4) is 0 Å². The van der Waals surface area contributed by atoms with Crippen molar-refractivity contribution in [3.63, 3.8) is 0 Å². The Labute approximate surface area is 83.4 Å². The van der Waals surface area contributed by atoms with Crippen LogP contribution in [0, 0.1) is 0 Å². The van der Waals surface area contributed by atoms with E-state index < -0.39 is 11.6 Å². The lowest BCUT2D eigenvalue weighted by Gasteiger charge is -2.36. The summed E-state index contributed by atoms with van der Waals surface area (Å²) >= 11 is 0. The van der Waals surface area contributed by atoms with Crippen LogP contribution >= 0.6 is 0 Å². The smallest absolute Gasteiger partial charge is 0.317 e. The van der Waals surface area contributed by atoms with Crippen LogP contribution < -0.4 is 5.32 Å². The van der Waals surface area contributed by atoms with E-state index in [1.54, 1.807) is 0 Å². The van der Waals surface area contributed by atoms with E-state index in [0.29, 0.717) is 13.1 Å². The van der Waals surface area contributed by atoms with Gasteiger partial charge in [-0.05, 0) is 25.9 Å². The third-order valence-corrected chi connectivity index (χ3v) is 2.77. The van der Waals surface area contributed by atoms with E-state index in [2.05, 4.69) is 25.9 Å². The first kappa shape index (κ1) is 10.3. The molecule has 15 heavy (non-hydrogen) atoms. The Kier molecular flexibility index (Phi) is 2.37. The molecule has 0 bridgehead atoms. The lowest BCUT2D eigenvalue weighted by atomic mass is 9.77. The molecular formula is C7H10F3N5. The quantitative estimate of drug-likeness (QED) is 0.719. The van der Waals surface area contributed by atoms with Gasteiger partial charge < -0.3 is 5.32 Å². The first-order valence-electron chi connectivity index (χ1n) is 4.58. The SMILES string of the molecule is FC(F)(F)C1(c2nn[nH]n2)CCNCC1. The zero-order valence-corrected chi connectivity index (χ0v) is 7.80. The van der Waals surface area contributed by atoms with Crippen LogP contribution in [0.4, 0.5) is 13.2 Å². The van der Waals surface area contributed by atoms with Gasteiger partial charge in [0.1, 0.15) is 5.41 Å². The van der Waals surface area contributed by atoms with Crippen LogP contribution in [0.25, 0.3) is 0 Å². The van der Waals surface area contributed by atoms with E-state index in [0.717, 1.165) is 0 Å². The second kappa shape index (κ2) is 3.44. The number of hydrogen-bond donors (Lipinski definition) is 2. The summed E-state index contributed by atoms with van der Waals surface area (Å²) < 4.78 is 39.0. The average Bonchev–Trinajstić information content (AvgIpc) is 2.70. The standard InChI is InChI=1S/C7H10F3N5/c8-7(9,10)6(1-3-11-4-2-6)5-12-14-15-13-5/h11H,1-4H2,(H,12,13,14,15). The predicted molar refractivity (Wildman–Crippen MR) is 44.0 cm³/mol. The predicted octanol–water partition coefficient (Wildman–Crippen LogP) is 0.383. The van der Waals surface area contributed by atoms with E-state index in [9.17, 15) is 13.2 Å². The number of aromatic nitrogens is 4. The number of aromatic amines is 1. The number of rotatable bonds is 1. The monoisotopic (exact) mass is 221 g/mol. The highest BCUT2D eigenvalue weighted by Crippen LogP contribution is 2.45. The molecule has 5 nitrogen and oxygen atoms in total. The first-order chi connectivity index (χ1) is 7.06. The Balaban J connectivity index is 2.39. The van der Waals surface area contributed by atoms with Gasteiger partial charge in [0.25, 0.3) is 0 Å². The summed E-state index contributed by atoms with van der Waals surface area (Å²) in [7, 11) is 0. The van der Waals surface area contributed by atoms with Crippen molar-refractivity contribution in [3.8, 4) is 0 Å². The molecule has 0 aliphatic carbocycles. The first-order valence-corrected chi connectivity index (χ1v) is 4.58. The Morgan fingerprint density at radius 2 is 1.87 bits per heavy atom. The minimum Gasteiger partial charge on any atom is -0.317 e. The van der Waals surface area contributed by atoms with Gasteiger partial charge in [-0.25, -0.2) is 0 Å². The molecule has 0 spiro atoms. The summed E-state index contributed by atoms with van der Waals surface area (Å²) in [5.74, 6) is -0.253. The van der Waals surface area contributed by atoms with Crippen molar-refractivity contribution in [2.75, 3.05) is 13.1 Å². The zero-order chi connectivity index (χ0) is 10.9. The summed E-state index contributed by atoms with van der Waals surface area (Å²) in [6.07, 6.45) is -4.43. The molecule has 1 aliphatic heterocycles. The second-order valence-electron chi connectivity index (χ2n) is 3.57. The van der Waals surface area contributed by atoms with Gasteiger partial charge in [-0.3, -0.25) is 0 Å². The van der Waals surface area contributed by atoms with Crippen molar-refractivity contribution in [2.24, 2.45) is 0 Å². The highest BCUT2D eigenvalue weighted by molar-refractivity contribution is 5.11. The van der Waals surface area contributed by atoms with Crippen LogP contribution in [0.2, 0.25) is 0 Å². The molecule has 0 aromatic carbocycles.